The minimum Gasteiger partial charge on any atom is -0.457 e. The summed E-state index contributed by atoms with van der Waals surface area (Å²) in [6, 6.07) is 10.0. The Kier molecular flexibility index (Phi) is 6.03. The molecule has 0 spiro atoms. The number of hydrogen-bond acceptors (Lipinski definition) is 2. The van der Waals surface area contributed by atoms with Crippen LogP contribution in [-0.4, -0.2) is 6.54 Å². The zero-order chi connectivity index (χ0) is 15.2. The molecule has 0 radical (unpaired) electrons. The second-order valence-electron chi connectivity index (χ2n) is 4.61. The van der Waals surface area contributed by atoms with Crippen molar-refractivity contribution >= 4 is 27.5 Å². The van der Waals surface area contributed by atoms with Gasteiger partial charge in [0.05, 0.1) is 4.47 Å². The third-order valence-corrected chi connectivity index (χ3v) is 3.73. The minimum absolute atomic E-state index is 0.316. The van der Waals surface area contributed by atoms with Crippen LogP contribution in [0.3, 0.4) is 0 Å². The molecule has 0 aromatic heterocycles. The van der Waals surface area contributed by atoms with Crippen LogP contribution in [0.2, 0.25) is 5.02 Å². The number of halogens is 3. The van der Waals surface area contributed by atoms with Gasteiger partial charge >= 0.3 is 0 Å². The van der Waals surface area contributed by atoms with E-state index in [1.54, 1.807) is 18.2 Å². The van der Waals surface area contributed by atoms with Gasteiger partial charge in [0, 0.05) is 17.1 Å². The van der Waals surface area contributed by atoms with Crippen LogP contribution in [0.1, 0.15) is 18.9 Å². The third kappa shape index (κ3) is 4.70. The van der Waals surface area contributed by atoms with Crippen molar-refractivity contribution in [1.82, 2.24) is 5.32 Å². The van der Waals surface area contributed by atoms with Crippen molar-refractivity contribution in [3.05, 3.63) is 57.3 Å². The number of rotatable bonds is 6. The Morgan fingerprint density at radius 2 is 2.05 bits per heavy atom. The summed E-state index contributed by atoms with van der Waals surface area (Å²) < 4.78 is 19.5. The monoisotopic (exact) mass is 371 g/mol. The second-order valence-corrected chi connectivity index (χ2v) is 5.90. The number of benzene rings is 2. The van der Waals surface area contributed by atoms with Crippen LogP contribution in [0.15, 0.2) is 40.9 Å². The highest BCUT2D eigenvalue weighted by Crippen LogP contribution is 2.30. The molecule has 0 amide bonds. The lowest BCUT2D eigenvalue weighted by molar-refractivity contribution is 0.470. The molecule has 2 rings (SSSR count). The van der Waals surface area contributed by atoms with E-state index in [1.165, 1.54) is 6.07 Å². The Morgan fingerprint density at radius 3 is 2.76 bits per heavy atom. The highest BCUT2D eigenvalue weighted by molar-refractivity contribution is 9.10. The molecule has 5 heteroatoms. The van der Waals surface area contributed by atoms with Gasteiger partial charge in [0.25, 0.3) is 0 Å². The Balaban J connectivity index is 2.19. The fourth-order valence-electron chi connectivity index (χ4n) is 1.85. The van der Waals surface area contributed by atoms with Crippen LogP contribution < -0.4 is 10.1 Å². The summed E-state index contributed by atoms with van der Waals surface area (Å²) >= 11 is 9.19. The predicted molar refractivity (Wildman–Crippen MR) is 87.6 cm³/mol. The van der Waals surface area contributed by atoms with E-state index in [0.717, 1.165) is 18.5 Å². The Morgan fingerprint density at radius 1 is 1.24 bits per heavy atom. The molecule has 0 saturated carbocycles. The predicted octanol–water partition coefficient (Wildman–Crippen LogP) is 5.53. The molecule has 0 aliphatic carbocycles. The molecule has 0 saturated heterocycles. The lowest BCUT2D eigenvalue weighted by Gasteiger charge is -2.12. The maximum atomic E-state index is 13.2. The van der Waals surface area contributed by atoms with Crippen LogP contribution in [-0.2, 0) is 6.54 Å². The van der Waals surface area contributed by atoms with E-state index in [0.29, 0.717) is 27.5 Å². The van der Waals surface area contributed by atoms with Crippen molar-refractivity contribution in [1.29, 1.82) is 0 Å². The van der Waals surface area contributed by atoms with Crippen LogP contribution in [0.5, 0.6) is 11.5 Å². The summed E-state index contributed by atoms with van der Waals surface area (Å²) in [4.78, 5) is 0. The zero-order valence-corrected chi connectivity index (χ0v) is 14.0. The maximum absolute atomic E-state index is 13.2. The topological polar surface area (TPSA) is 21.3 Å². The zero-order valence-electron chi connectivity index (χ0n) is 11.6. The van der Waals surface area contributed by atoms with Crippen molar-refractivity contribution in [3.8, 4) is 11.5 Å². The van der Waals surface area contributed by atoms with E-state index in [4.69, 9.17) is 16.3 Å². The first-order chi connectivity index (χ1) is 10.1. The molecule has 0 fully saturated rings. The van der Waals surface area contributed by atoms with Crippen LogP contribution in [0.4, 0.5) is 4.39 Å². The number of ether oxygens (including phenoxy) is 1. The Bertz CT molecular complexity index is 621. The first-order valence-electron chi connectivity index (χ1n) is 6.72. The second kappa shape index (κ2) is 7.78. The van der Waals surface area contributed by atoms with Crippen LogP contribution in [0.25, 0.3) is 0 Å². The first-order valence-corrected chi connectivity index (χ1v) is 7.89. The van der Waals surface area contributed by atoms with Gasteiger partial charge in [0.2, 0.25) is 0 Å². The molecule has 0 bridgehead atoms. The summed E-state index contributed by atoms with van der Waals surface area (Å²) in [6.07, 6.45) is 1.06. The minimum atomic E-state index is -0.316. The molecule has 0 heterocycles. The lowest BCUT2D eigenvalue weighted by atomic mass is 10.2. The third-order valence-electron chi connectivity index (χ3n) is 2.88. The average Bonchev–Trinajstić information content (AvgIpc) is 2.46. The summed E-state index contributed by atoms with van der Waals surface area (Å²) in [5.41, 5.74) is 0.969. The summed E-state index contributed by atoms with van der Waals surface area (Å²) in [5.74, 6) is 0.965. The molecule has 0 aliphatic heterocycles. The lowest BCUT2D eigenvalue weighted by Crippen LogP contribution is -2.14. The molecule has 1 N–H and O–H groups in total. The normalized spacial score (nSPS) is 10.7. The SMILES string of the molecule is CCCNCc1cc(Cl)ccc1Oc1ccc(F)c(Br)c1. The van der Waals surface area contributed by atoms with Gasteiger partial charge in [-0.1, -0.05) is 18.5 Å². The summed E-state index contributed by atoms with van der Waals surface area (Å²) in [5, 5.41) is 3.98. The first kappa shape index (κ1) is 16.3. The molecule has 2 aromatic rings. The van der Waals surface area contributed by atoms with Gasteiger partial charge in [-0.15, -0.1) is 0 Å². The van der Waals surface area contributed by atoms with E-state index in [9.17, 15) is 4.39 Å². The Hall–Kier alpha value is -1.10. The molecule has 0 atom stereocenters. The van der Waals surface area contributed by atoms with E-state index in [-0.39, 0.29) is 5.82 Å². The highest BCUT2D eigenvalue weighted by atomic mass is 79.9. The van der Waals surface area contributed by atoms with Gasteiger partial charge in [-0.3, -0.25) is 0 Å². The smallest absolute Gasteiger partial charge is 0.137 e. The van der Waals surface area contributed by atoms with Crippen molar-refractivity contribution in [2.24, 2.45) is 0 Å². The van der Waals surface area contributed by atoms with Gasteiger partial charge < -0.3 is 10.1 Å². The van der Waals surface area contributed by atoms with Gasteiger partial charge in [-0.2, -0.15) is 0 Å². The van der Waals surface area contributed by atoms with Crippen molar-refractivity contribution in [2.45, 2.75) is 19.9 Å². The largest absolute Gasteiger partial charge is 0.457 e. The summed E-state index contributed by atoms with van der Waals surface area (Å²) in [7, 11) is 0. The molecule has 2 aromatic carbocycles. The quantitative estimate of drug-likeness (QED) is 0.673. The molecule has 112 valence electrons. The van der Waals surface area contributed by atoms with Crippen molar-refractivity contribution in [3.63, 3.8) is 0 Å². The van der Waals surface area contributed by atoms with Crippen LogP contribution >= 0.6 is 27.5 Å². The van der Waals surface area contributed by atoms with Gasteiger partial charge in [-0.05, 0) is 65.3 Å². The molecule has 2 nitrogen and oxygen atoms in total. The van der Waals surface area contributed by atoms with Gasteiger partial charge in [0.1, 0.15) is 17.3 Å². The van der Waals surface area contributed by atoms with E-state index in [2.05, 4.69) is 28.2 Å². The van der Waals surface area contributed by atoms with Gasteiger partial charge in [-0.25, -0.2) is 4.39 Å². The van der Waals surface area contributed by atoms with Crippen molar-refractivity contribution in [2.75, 3.05) is 6.54 Å². The number of hydrogen-bond donors (Lipinski definition) is 1. The number of nitrogens with one attached hydrogen (secondary N) is 1. The average molecular weight is 373 g/mol. The molecular formula is C16H16BrClFNO. The van der Waals surface area contributed by atoms with E-state index in [1.807, 2.05) is 12.1 Å². The van der Waals surface area contributed by atoms with Crippen LogP contribution in [0, 0.1) is 5.82 Å². The van der Waals surface area contributed by atoms with E-state index >= 15 is 0 Å². The molecule has 0 aliphatic rings. The summed E-state index contributed by atoms with van der Waals surface area (Å²) in [6.45, 7) is 3.71. The molecular weight excluding hydrogens is 357 g/mol. The molecule has 21 heavy (non-hydrogen) atoms. The molecule has 0 unspecified atom stereocenters. The fourth-order valence-corrected chi connectivity index (χ4v) is 2.41. The van der Waals surface area contributed by atoms with Gasteiger partial charge in [0.15, 0.2) is 0 Å². The maximum Gasteiger partial charge on any atom is 0.137 e. The van der Waals surface area contributed by atoms with Crippen molar-refractivity contribution < 1.29 is 9.13 Å². The highest BCUT2D eigenvalue weighted by Gasteiger charge is 2.08. The fraction of sp³-hybridized carbons (Fsp3) is 0.250. The Labute approximate surface area is 137 Å². The standard InChI is InChI=1S/C16H16BrClFNO/c1-2-7-20-10-11-8-12(18)3-6-16(11)21-13-4-5-15(19)14(17)9-13/h3-6,8-9,20H,2,7,10H2,1H3. The van der Waals surface area contributed by atoms with E-state index < -0.39 is 0 Å².